The van der Waals surface area contributed by atoms with Gasteiger partial charge in [-0.25, -0.2) is 17.6 Å². The number of anilines is 1. The summed E-state index contributed by atoms with van der Waals surface area (Å²) in [4.78, 5) is 37.0. The van der Waals surface area contributed by atoms with Crippen molar-refractivity contribution in [3.8, 4) is 11.1 Å². The lowest BCUT2D eigenvalue weighted by atomic mass is 9.92. The summed E-state index contributed by atoms with van der Waals surface area (Å²) in [6.45, 7) is 1.02. The monoisotopic (exact) mass is 555 g/mol. The summed E-state index contributed by atoms with van der Waals surface area (Å²) in [5.74, 6) is -1.55. The predicted octanol–water partition coefficient (Wildman–Crippen LogP) is 4.09. The molecule has 3 aromatic rings. The van der Waals surface area contributed by atoms with Crippen LogP contribution >= 0.6 is 23.2 Å². The van der Waals surface area contributed by atoms with Gasteiger partial charge in [0.05, 0.1) is 21.5 Å². The first-order chi connectivity index (χ1) is 16.8. The van der Waals surface area contributed by atoms with Gasteiger partial charge in [-0.2, -0.15) is 0 Å². The lowest BCUT2D eigenvalue weighted by Gasteiger charge is -2.18. The van der Waals surface area contributed by atoms with E-state index in [2.05, 4.69) is 4.72 Å². The molecule has 0 spiro atoms. The number of amides is 1. The van der Waals surface area contributed by atoms with Crippen molar-refractivity contribution in [2.75, 3.05) is 10.5 Å². The van der Waals surface area contributed by atoms with Gasteiger partial charge in [-0.05, 0) is 42.8 Å². The highest BCUT2D eigenvalue weighted by molar-refractivity contribution is 7.92. The molecule has 1 amide bonds. The van der Waals surface area contributed by atoms with Crippen LogP contribution in [-0.4, -0.2) is 30.6 Å². The summed E-state index contributed by atoms with van der Waals surface area (Å²) in [5.41, 5.74) is 5.07. The van der Waals surface area contributed by atoms with Crippen molar-refractivity contribution in [1.82, 2.24) is 4.57 Å². The molecule has 3 N–H and O–H groups in total. The normalized spacial score (nSPS) is 11.2. The van der Waals surface area contributed by atoms with Crippen LogP contribution in [-0.2, 0) is 28.4 Å². The van der Waals surface area contributed by atoms with Gasteiger partial charge in [-0.1, -0.05) is 23.2 Å². The van der Waals surface area contributed by atoms with E-state index in [0.717, 1.165) is 12.1 Å². The molecule has 2 aromatic carbocycles. The van der Waals surface area contributed by atoms with Crippen LogP contribution in [0, 0.1) is 5.82 Å². The van der Waals surface area contributed by atoms with Gasteiger partial charge >= 0.3 is 6.09 Å². The van der Waals surface area contributed by atoms with Crippen molar-refractivity contribution in [2.24, 2.45) is 12.8 Å². The van der Waals surface area contributed by atoms with Crippen molar-refractivity contribution in [3.63, 3.8) is 0 Å². The van der Waals surface area contributed by atoms with Crippen molar-refractivity contribution in [1.29, 1.82) is 0 Å². The van der Waals surface area contributed by atoms with Gasteiger partial charge in [0.1, 0.15) is 12.4 Å². The number of halogens is 3. The van der Waals surface area contributed by atoms with Crippen LogP contribution in [0.4, 0.5) is 14.9 Å². The molecule has 13 heteroatoms. The van der Waals surface area contributed by atoms with E-state index >= 15 is 0 Å². The van der Waals surface area contributed by atoms with Crippen molar-refractivity contribution < 1.29 is 27.1 Å². The molecule has 0 unspecified atom stereocenters. The smallest absolute Gasteiger partial charge is 0.404 e. The number of carbonyl (C=O) groups excluding carboxylic acids is 2. The number of nitrogens with zero attached hydrogens (tertiary/aromatic N) is 1. The Morgan fingerprint density at radius 3 is 2.39 bits per heavy atom. The first-order valence-corrected chi connectivity index (χ1v) is 12.7. The topological polar surface area (TPSA) is 138 Å². The number of rotatable bonds is 8. The quantitative estimate of drug-likeness (QED) is 0.401. The molecule has 0 bridgehead atoms. The molecule has 0 saturated carbocycles. The molecule has 0 saturated heterocycles. The maximum Gasteiger partial charge on any atom is 0.404 e. The number of benzene rings is 2. The van der Waals surface area contributed by atoms with Crippen LogP contribution in [0.15, 0.2) is 47.4 Å². The summed E-state index contributed by atoms with van der Waals surface area (Å²) in [6, 6.07) is 6.95. The summed E-state index contributed by atoms with van der Waals surface area (Å²) in [6.07, 6.45) is 0.287. The van der Waals surface area contributed by atoms with E-state index in [9.17, 15) is 27.2 Å². The number of ether oxygens (including phenoxy) is 1. The second-order valence-electron chi connectivity index (χ2n) is 7.61. The van der Waals surface area contributed by atoms with Crippen LogP contribution < -0.4 is 16.0 Å². The summed E-state index contributed by atoms with van der Waals surface area (Å²) in [7, 11) is -2.30. The molecule has 1 heterocycles. The number of aryl methyl sites for hydroxylation is 1. The lowest BCUT2D eigenvalue weighted by molar-refractivity contribution is 0.103. The number of ketones is 1. The second-order valence-corrected chi connectivity index (χ2v) is 10.4. The molecule has 1 aromatic heterocycles. The minimum atomic E-state index is -3.76. The fraction of sp³-hybridized carbons (Fsp3) is 0.174. The minimum absolute atomic E-state index is 0.0353. The molecule has 0 atom stereocenters. The van der Waals surface area contributed by atoms with Crippen LogP contribution in [0.2, 0.25) is 10.0 Å². The Hall–Kier alpha value is -3.41. The third kappa shape index (κ3) is 6.04. The maximum atomic E-state index is 13.6. The van der Waals surface area contributed by atoms with Crippen LogP contribution in [0.3, 0.4) is 0 Å². The Balaban J connectivity index is 2.34. The zero-order chi connectivity index (χ0) is 26.8. The highest BCUT2D eigenvalue weighted by Gasteiger charge is 2.24. The zero-order valence-corrected chi connectivity index (χ0v) is 21.3. The van der Waals surface area contributed by atoms with Crippen LogP contribution in [0.1, 0.15) is 28.4 Å². The molecule has 0 aliphatic rings. The summed E-state index contributed by atoms with van der Waals surface area (Å²) >= 11 is 12.4. The fourth-order valence-electron chi connectivity index (χ4n) is 3.30. The van der Waals surface area contributed by atoms with Gasteiger partial charge < -0.3 is 15.0 Å². The number of hydrogen-bond donors (Lipinski definition) is 2. The van der Waals surface area contributed by atoms with Gasteiger partial charge in [0.15, 0.2) is 5.78 Å². The zero-order valence-electron chi connectivity index (χ0n) is 19.0. The molecular weight excluding hydrogens is 536 g/mol. The molecule has 3 rings (SSSR count). The SMILES string of the molecule is CCS(=O)(=O)Nc1cc(-c2cn(C)c(=O)cc2COC(N)=O)c(C(=O)c2ccc(F)cc2Cl)cc1Cl. The number of aromatic nitrogens is 1. The number of hydrogen-bond acceptors (Lipinski definition) is 6. The molecule has 0 radical (unpaired) electrons. The highest BCUT2D eigenvalue weighted by atomic mass is 35.5. The first-order valence-electron chi connectivity index (χ1n) is 10.3. The standard InChI is InChI=1S/C23H20Cl2FN3O6S/c1-3-36(33,34)28-20-9-15(17-10-29(2)21(30)6-12(17)11-35-23(27)32)16(8-19(20)25)22(31)14-5-4-13(26)7-18(14)24/h4-10,28H,3,11H2,1-2H3,(H2,27,32). The van der Waals surface area contributed by atoms with E-state index < -0.39 is 39.9 Å². The summed E-state index contributed by atoms with van der Waals surface area (Å²) < 4.78 is 46.5. The van der Waals surface area contributed by atoms with Gasteiger partial charge in [0, 0.05) is 41.6 Å². The number of carbonyl (C=O) groups is 2. The van der Waals surface area contributed by atoms with Crippen molar-refractivity contribution >= 4 is 50.8 Å². The molecule has 0 aliphatic heterocycles. The van der Waals surface area contributed by atoms with Crippen molar-refractivity contribution in [2.45, 2.75) is 13.5 Å². The maximum absolute atomic E-state index is 13.6. The Bertz CT molecular complexity index is 1540. The van der Waals surface area contributed by atoms with E-state index in [1.54, 1.807) is 0 Å². The number of primary amides is 1. The van der Waals surface area contributed by atoms with E-state index in [4.69, 9.17) is 33.7 Å². The number of nitrogens with one attached hydrogen (secondary N) is 1. The number of sulfonamides is 1. The van der Waals surface area contributed by atoms with Crippen LogP contribution in [0.5, 0.6) is 0 Å². The Labute approximate surface area is 215 Å². The fourth-order valence-corrected chi connectivity index (χ4v) is 4.47. The third-order valence-corrected chi connectivity index (χ3v) is 7.06. The minimum Gasteiger partial charge on any atom is -0.445 e. The Kier molecular flexibility index (Phi) is 8.07. The number of nitrogens with two attached hydrogens (primary N) is 1. The van der Waals surface area contributed by atoms with Crippen LogP contribution in [0.25, 0.3) is 11.1 Å². The highest BCUT2D eigenvalue weighted by Crippen LogP contribution is 2.37. The second kappa shape index (κ2) is 10.7. The predicted molar refractivity (Wildman–Crippen MR) is 134 cm³/mol. The molecule has 9 nitrogen and oxygen atoms in total. The molecule has 0 aliphatic carbocycles. The summed E-state index contributed by atoms with van der Waals surface area (Å²) in [5, 5.41) is -0.257. The first kappa shape index (κ1) is 27.2. The van der Waals surface area contributed by atoms with Gasteiger partial charge in [0.25, 0.3) is 5.56 Å². The van der Waals surface area contributed by atoms with E-state index in [0.29, 0.717) is 0 Å². The Morgan fingerprint density at radius 1 is 1.08 bits per heavy atom. The molecule has 36 heavy (non-hydrogen) atoms. The number of pyridine rings is 1. The van der Waals surface area contributed by atoms with E-state index in [1.807, 2.05) is 0 Å². The lowest BCUT2D eigenvalue weighted by Crippen LogP contribution is -2.20. The third-order valence-electron chi connectivity index (χ3n) is 5.15. The molecular formula is C23H20Cl2FN3O6S. The average Bonchev–Trinajstić information content (AvgIpc) is 2.80. The van der Waals surface area contributed by atoms with Gasteiger partial charge in [-0.15, -0.1) is 0 Å². The molecule has 190 valence electrons. The molecule has 0 fully saturated rings. The van der Waals surface area contributed by atoms with Crippen molar-refractivity contribution in [3.05, 3.63) is 85.5 Å². The van der Waals surface area contributed by atoms with Gasteiger partial charge in [0.2, 0.25) is 10.0 Å². The van der Waals surface area contributed by atoms with Gasteiger partial charge in [-0.3, -0.25) is 14.3 Å². The average molecular weight is 556 g/mol. The van der Waals surface area contributed by atoms with E-state index in [-0.39, 0.29) is 49.3 Å². The Morgan fingerprint density at radius 2 is 1.78 bits per heavy atom. The van der Waals surface area contributed by atoms with E-state index in [1.165, 1.54) is 49.0 Å². The largest absolute Gasteiger partial charge is 0.445 e.